The van der Waals surface area contributed by atoms with Crippen molar-refractivity contribution in [1.29, 1.82) is 0 Å². The predicted molar refractivity (Wildman–Crippen MR) is 60.9 cm³/mol. The van der Waals surface area contributed by atoms with E-state index >= 15 is 0 Å². The molecule has 0 saturated heterocycles. The molecule has 0 heterocycles. The van der Waals surface area contributed by atoms with Crippen LogP contribution < -0.4 is 5.32 Å². The van der Waals surface area contributed by atoms with Gasteiger partial charge in [0, 0.05) is 6.54 Å². The van der Waals surface area contributed by atoms with Gasteiger partial charge in [-0.1, -0.05) is 30.3 Å². The molecule has 1 rings (SSSR count). The molecule has 0 fully saturated rings. The number of amides is 1. The summed E-state index contributed by atoms with van der Waals surface area (Å²) in [5, 5.41) is 10.5. The molecule has 0 bridgehead atoms. The van der Waals surface area contributed by atoms with E-state index < -0.39 is 6.09 Å². The molecular formula is C11H18N2O2. The lowest BCUT2D eigenvalue weighted by Crippen LogP contribution is -2.19. The Morgan fingerprint density at radius 3 is 2.13 bits per heavy atom. The van der Waals surface area contributed by atoms with Crippen molar-refractivity contribution >= 4 is 6.09 Å². The molecule has 1 aromatic carbocycles. The molecule has 0 aliphatic heterocycles. The van der Waals surface area contributed by atoms with Crippen LogP contribution in [0.25, 0.3) is 0 Å². The molecule has 15 heavy (non-hydrogen) atoms. The van der Waals surface area contributed by atoms with Crippen LogP contribution in [0.2, 0.25) is 0 Å². The van der Waals surface area contributed by atoms with E-state index in [0.29, 0.717) is 6.54 Å². The Morgan fingerprint density at radius 1 is 1.27 bits per heavy atom. The zero-order chi connectivity index (χ0) is 11.7. The van der Waals surface area contributed by atoms with Gasteiger partial charge in [0.25, 0.3) is 0 Å². The lowest BCUT2D eigenvalue weighted by Gasteiger charge is -1.98. The van der Waals surface area contributed by atoms with E-state index in [-0.39, 0.29) is 0 Å². The van der Waals surface area contributed by atoms with Crippen molar-refractivity contribution in [2.24, 2.45) is 0 Å². The van der Waals surface area contributed by atoms with Crippen molar-refractivity contribution in [2.45, 2.75) is 6.54 Å². The second kappa shape index (κ2) is 7.82. The number of nitrogens with one attached hydrogen (secondary N) is 1. The Hall–Kier alpha value is -1.55. The van der Waals surface area contributed by atoms with Gasteiger partial charge in [0.05, 0.1) is 0 Å². The van der Waals surface area contributed by atoms with Gasteiger partial charge in [-0.05, 0) is 26.7 Å². The molecule has 0 aliphatic rings. The molecule has 0 aliphatic carbocycles. The Labute approximate surface area is 90.5 Å². The highest BCUT2D eigenvalue weighted by Gasteiger charge is 1.93. The van der Waals surface area contributed by atoms with Gasteiger partial charge in [-0.3, -0.25) is 0 Å². The lowest BCUT2D eigenvalue weighted by atomic mass is 10.2. The van der Waals surface area contributed by atoms with E-state index in [9.17, 15) is 4.79 Å². The Bertz CT molecular complexity index is 270. The van der Waals surface area contributed by atoms with Crippen LogP contribution in [-0.4, -0.2) is 37.2 Å². The summed E-state index contributed by atoms with van der Waals surface area (Å²) in [6.45, 7) is 0.371. The summed E-state index contributed by atoms with van der Waals surface area (Å²) >= 11 is 0. The van der Waals surface area contributed by atoms with Gasteiger partial charge in [0.15, 0.2) is 0 Å². The number of rotatable bonds is 2. The van der Waals surface area contributed by atoms with Crippen molar-refractivity contribution in [3.05, 3.63) is 35.9 Å². The van der Waals surface area contributed by atoms with Crippen LogP contribution in [0.5, 0.6) is 0 Å². The fourth-order valence-electron chi connectivity index (χ4n) is 0.774. The SMILES string of the molecule is CN(C)C.O=C(O)NCc1ccccc1. The first-order valence-electron chi connectivity index (χ1n) is 4.64. The highest BCUT2D eigenvalue weighted by molar-refractivity contribution is 5.64. The molecule has 0 atom stereocenters. The highest BCUT2D eigenvalue weighted by atomic mass is 16.4. The molecule has 4 nitrogen and oxygen atoms in total. The molecule has 4 heteroatoms. The third kappa shape index (κ3) is 10.4. The van der Waals surface area contributed by atoms with E-state index in [1.165, 1.54) is 0 Å². The number of carboxylic acid groups (broad SMARTS) is 1. The normalized spacial score (nSPS) is 9.07. The molecular weight excluding hydrogens is 192 g/mol. The fraction of sp³-hybridized carbons (Fsp3) is 0.364. The maximum atomic E-state index is 10.1. The quantitative estimate of drug-likeness (QED) is 0.780. The predicted octanol–water partition coefficient (Wildman–Crippen LogP) is 1.63. The summed E-state index contributed by atoms with van der Waals surface area (Å²) in [6.07, 6.45) is -0.992. The zero-order valence-electron chi connectivity index (χ0n) is 9.40. The average molecular weight is 210 g/mol. The second-order valence-electron chi connectivity index (χ2n) is 3.49. The molecule has 0 aromatic heterocycles. The fourth-order valence-corrected chi connectivity index (χ4v) is 0.774. The molecule has 0 unspecified atom stereocenters. The largest absolute Gasteiger partial charge is 0.465 e. The minimum Gasteiger partial charge on any atom is -0.465 e. The lowest BCUT2D eigenvalue weighted by molar-refractivity contribution is 0.194. The van der Waals surface area contributed by atoms with Gasteiger partial charge < -0.3 is 15.3 Å². The van der Waals surface area contributed by atoms with E-state index in [0.717, 1.165) is 5.56 Å². The number of hydrogen-bond donors (Lipinski definition) is 2. The number of hydrogen-bond acceptors (Lipinski definition) is 2. The third-order valence-electron chi connectivity index (χ3n) is 1.29. The molecule has 0 radical (unpaired) electrons. The number of benzene rings is 1. The van der Waals surface area contributed by atoms with Crippen LogP contribution in [0.4, 0.5) is 4.79 Å². The first kappa shape index (κ1) is 13.4. The van der Waals surface area contributed by atoms with Gasteiger partial charge in [0.2, 0.25) is 0 Å². The smallest absolute Gasteiger partial charge is 0.404 e. The van der Waals surface area contributed by atoms with Crippen molar-refractivity contribution in [2.75, 3.05) is 21.1 Å². The maximum absolute atomic E-state index is 10.1. The van der Waals surface area contributed by atoms with Crippen LogP contribution in [0.3, 0.4) is 0 Å². The standard InChI is InChI=1S/C8H9NO2.C3H9N/c10-8(11)9-6-7-4-2-1-3-5-7;1-4(2)3/h1-5,9H,6H2,(H,10,11);1-3H3. The highest BCUT2D eigenvalue weighted by Crippen LogP contribution is 1.96. The first-order valence-corrected chi connectivity index (χ1v) is 4.64. The van der Waals surface area contributed by atoms with E-state index in [2.05, 4.69) is 5.32 Å². The summed E-state index contributed by atoms with van der Waals surface area (Å²) in [4.78, 5) is 12.1. The Kier molecular flexibility index (Phi) is 7.01. The van der Waals surface area contributed by atoms with Crippen LogP contribution in [0.1, 0.15) is 5.56 Å². The second-order valence-corrected chi connectivity index (χ2v) is 3.49. The summed E-state index contributed by atoms with van der Waals surface area (Å²) in [7, 11) is 6.00. The van der Waals surface area contributed by atoms with Crippen LogP contribution in [0.15, 0.2) is 30.3 Å². The van der Waals surface area contributed by atoms with Gasteiger partial charge in [-0.15, -0.1) is 0 Å². The minimum atomic E-state index is -0.992. The van der Waals surface area contributed by atoms with E-state index in [4.69, 9.17) is 5.11 Å². The molecule has 0 spiro atoms. The molecule has 1 amide bonds. The number of carbonyl (C=O) groups is 1. The summed E-state index contributed by atoms with van der Waals surface area (Å²) in [5.74, 6) is 0. The van der Waals surface area contributed by atoms with E-state index in [1.54, 1.807) is 0 Å². The molecule has 2 N–H and O–H groups in total. The van der Waals surface area contributed by atoms with Gasteiger partial charge in [-0.2, -0.15) is 0 Å². The first-order chi connectivity index (χ1) is 7.02. The van der Waals surface area contributed by atoms with Crippen LogP contribution in [0, 0.1) is 0 Å². The minimum absolute atomic E-state index is 0.371. The average Bonchev–Trinajstić information content (AvgIpc) is 2.15. The van der Waals surface area contributed by atoms with Crippen molar-refractivity contribution in [3.8, 4) is 0 Å². The maximum Gasteiger partial charge on any atom is 0.404 e. The van der Waals surface area contributed by atoms with Gasteiger partial charge in [0.1, 0.15) is 0 Å². The molecule has 84 valence electrons. The van der Waals surface area contributed by atoms with Crippen molar-refractivity contribution in [1.82, 2.24) is 10.2 Å². The third-order valence-corrected chi connectivity index (χ3v) is 1.29. The van der Waals surface area contributed by atoms with Gasteiger partial charge >= 0.3 is 6.09 Å². The molecule has 1 aromatic rings. The van der Waals surface area contributed by atoms with Gasteiger partial charge in [-0.25, -0.2) is 4.79 Å². The monoisotopic (exact) mass is 210 g/mol. The zero-order valence-corrected chi connectivity index (χ0v) is 9.40. The summed E-state index contributed by atoms with van der Waals surface area (Å²) in [6, 6.07) is 9.38. The Morgan fingerprint density at radius 2 is 1.73 bits per heavy atom. The van der Waals surface area contributed by atoms with Crippen LogP contribution in [-0.2, 0) is 6.54 Å². The number of nitrogens with zero attached hydrogens (tertiary/aromatic N) is 1. The summed E-state index contributed by atoms with van der Waals surface area (Å²) < 4.78 is 0. The van der Waals surface area contributed by atoms with Crippen molar-refractivity contribution in [3.63, 3.8) is 0 Å². The van der Waals surface area contributed by atoms with E-state index in [1.807, 2.05) is 56.4 Å². The topological polar surface area (TPSA) is 52.6 Å². The summed E-state index contributed by atoms with van der Waals surface area (Å²) in [5.41, 5.74) is 0.968. The Balaban J connectivity index is 0.000000423. The van der Waals surface area contributed by atoms with Crippen LogP contribution >= 0.6 is 0 Å². The van der Waals surface area contributed by atoms with Crippen molar-refractivity contribution < 1.29 is 9.90 Å². The molecule has 0 saturated carbocycles.